The molecule has 1 amide bonds. The molecule has 5 rings (SSSR count). The standard InChI is InChI=1S/C28H42N6O2/c1-2-28(35)30-24-7-5-22(6-8-24)9-11-32-12-14-33(15-13-32)26-20-23(25-4-3-10-29-25)21-27(31-26)34-16-18-36-19-17-34/h3-4,10,20-22,24,29H,2,5-9,11-19H2,1H3,(H,30,35)/t22-,24-. The number of hydrogen-bond acceptors (Lipinski definition) is 6. The van der Waals surface area contributed by atoms with Crippen molar-refractivity contribution >= 4 is 17.5 Å². The van der Waals surface area contributed by atoms with E-state index < -0.39 is 0 Å². The number of anilines is 2. The highest BCUT2D eigenvalue weighted by Gasteiger charge is 2.25. The quantitative estimate of drug-likeness (QED) is 0.585. The normalized spacial score (nSPS) is 23.6. The molecule has 3 aliphatic rings. The molecule has 0 unspecified atom stereocenters. The fourth-order valence-corrected chi connectivity index (χ4v) is 5.77. The third-order valence-electron chi connectivity index (χ3n) is 8.13. The summed E-state index contributed by atoms with van der Waals surface area (Å²) >= 11 is 0. The number of hydrogen-bond donors (Lipinski definition) is 2. The Kier molecular flexibility index (Phi) is 8.43. The molecule has 1 aliphatic carbocycles. The van der Waals surface area contributed by atoms with Gasteiger partial charge in [-0.15, -0.1) is 0 Å². The number of rotatable bonds is 8. The maximum atomic E-state index is 11.7. The number of pyridine rings is 1. The van der Waals surface area contributed by atoms with Crippen molar-refractivity contribution in [3.63, 3.8) is 0 Å². The van der Waals surface area contributed by atoms with Gasteiger partial charge in [-0.2, -0.15) is 0 Å². The maximum absolute atomic E-state index is 11.7. The van der Waals surface area contributed by atoms with Crippen LogP contribution in [0.2, 0.25) is 0 Å². The van der Waals surface area contributed by atoms with Crippen LogP contribution in [0.15, 0.2) is 30.5 Å². The molecule has 2 N–H and O–H groups in total. The molecule has 0 aromatic carbocycles. The van der Waals surface area contributed by atoms with Gasteiger partial charge in [-0.3, -0.25) is 9.69 Å². The van der Waals surface area contributed by atoms with Crippen molar-refractivity contribution in [1.82, 2.24) is 20.2 Å². The Morgan fingerprint density at radius 1 is 1.03 bits per heavy atom. The molecule has 196 valence electrons. The predicted octanol–water partition coefficient (Wildman–Crippen LogP) is 3.51. The van der Waals surface area contributed by atoms with Gasteiger partial charge in [0, 0.05) is 69.2 Å². The molecular weight excluding hydrogens is 452 g/mol. The molecule has 1 saturated carbocycles. The van der Waals surface area contributed by atoms with Crippen LogP contribution in [-0.4, -0.2) is 85.8 Å². The summed E-state index contributed by atoms with van der Waals surface area (Å²) in [5.74, 6) is 3.12. The first-order chi connectivity index (χ1) is 17.7. The number of ether oxygens (including phenoxy) is 1. The number of nitrogens with one attached hydrogen (secondary N) is 2. The van der Waals surface area contributed by atoms with E-state index in [1.54, 1.807) is 0 Å². The first-order valence-corrected chi connectivity index (χ1v) is 13.9. The third kappa shape index (κ3) is 6.40. The summed E-state index contributed by atoms with van der Waals surface area (Å²) in [6.07, 6.45) is 8.61. The molecule has 0 radical (unpaired) electrons. The van der Waals surface area contributed by atoms with Crippen molar-refractivity contribution in [3.05, 3.63) is 30.5 Å². The first-order valence-electron chi connectivity index (χ1n) is 13.9. The van der Waals surface area contributed by atoms with E-state index in [4.69, 9.17) is 9.72 Å². The lowest BCUT2D eigenvalue weighted by molar-refractivity contribution is -0.121. The molecular formula is C28H42N6O2. The first kappa shape index (κ1) is 25.1. The maximum Gasteiger partial charge on any atom is 0.219 e. The van der Waals surface area contributed by atoms with Gasteiger partial charge in [0.1, 0.15) is 11.6 Å². The SMILES string of the molecule is CCC(=O)N[C@H]1CC[C@H](CCN2CCN(c3cc(-c4ccc[nH]4)cc(N4CCOCC4)n3)CC2)CC1. The highest BCUT2D eigenvalue weighted by atomic mass is 16.5. The lowest BCUT2D eigenvalue weighted by Gasteiger charge is -2.37. The lowest BCUT2D eigenvalue weighted by Crippen LogP contribution is -2.47. The summed E-state index contributed by atoms with van der Waals surface area (Å²) in [5, 5.41) is 3.18. The summed E-state index contributed by atoms with van der Waals surface area (Å²) in [5.41, 5.74) is 2.33. The lowest BCUT2D eigenvalue weighted by atomic mass is 9.84. The van der Waals surface area contributed by atoms with Crippen molar-refractivity contribution in [2.45, 2.75) is 51.5 Å². The number of nitrogens with zero attached hydrogens (tertiary/aromatic N) is 4. The number of amides is 1. The fraction of sp³-hybridized carbons (Fsp3) is 0.643. The number of carbonyl (C=O) groups excluding carboxylic acids is 1. The summed E-state index contributed by atoms with van der Waals surface area (Å²) in [7, 11) is 0. The molecule has 8 nitrogen and oxygen atoms in total. The van der Waals surface area contributed by atoms with Gasteiger partial charge in [-0.25, -0.2) is 4.98 Å². The molecule has 0 bridgehead atoms. The molecule has 0 atom stereocenters. The Labute approximate surface area is 215 Å². The van der Waals surface area contributed by atoms with Gasteiger partial charge in [0.15, 0.2) is 0 Å². The zero-order valence-corrected chi connectivity index (χ0v) is 21.8. The average molecular weight is 495 g/mol. The highest BCUT2D eigenvalue weighted by molar-refractivity contribution is 5.75. The van der Waals surface area contributed by atoms with E-state index in [9.17, 15) is 4.79 Å². The van der Waals surface area contributed by atoms with Crippen molar-refractivity contribution in [2.24, 2.45) is 5.92 Å². The van der Waals surface area contributed by atoms with Gasteiger partial charge in [0.25, 0.3) is 0 Å². The highest BCUT2D eigenvalue weighted by Crippen LogP contribution is 2.30. The second kappa shape index (κ2) is 12.1. The number of piperazine rings is 1. The fourth-order valence-electron chi connectivity index (χ4n) is 5.77. The molecule has 2 aromatic rings. The number of H-pyrrole nitrogens is 1. The van der Waals surface area contributed by atoms with Crippen LogP contribution in [0.25, 0.3) is 11.3 Å². The van der Waals surface area contributed by atoms with Gasteiger partial charge in [0.05, 0.1) is 13.2 Å². The monoisotopic (exact) mass is 494 g/mol. The van der Waals surface area contributed by atoms with Crippen LogP contribution in [0.1, 0.15) is 45.4 Å². The van der Waals surface area contributed by atoms with E-state index in [0.717, 1.165) is 88.6 Å². The van der Waals surface area contributed by atoms with Crippen molar-refractivity contribution < 1.29 is 9.53 Å². The molecule has 2 aliphatic heterocycles. The van der Waals surface area contributed by atoms with E-state index in [2.05, 4.69) is 49.3 Å². The van der Waals surface area contributed by atoms with Gasteiger partial charge in [-0.05, 0) is 68.8 Å². The second-order valence-electron chi connectivity index (χ2n) is 10.5. The van der Waals surface area contributed by atoms with Crippen LogP contribution < -0.4 is 15.1 Å². The van der Waals surface area contributed by atoms with Crippen LogP contribution in [0, 0.1) is 5.92 Å². The zero-order valence-electron chi connectivity index (χ0n) is 21.8. The summed E-state index contributed by atoms with van der Waals surface area (Å²) in [6, 6.07) is 9.02. The Bertz CT molecular complexity index is 958. The predicted molar refractivity (Wildman–Crippen MR) is 145 cm³/mol. The molecule has 3 fully saturated rings. The number of aromatic amines is 1. The number of carbonyl (C=O) groups is 1. The average Bonchev–Trinajstić information content (AvgIpc) is 3.48. The number of aromatic nitrogens is 2. The van der Waals surface area contributed by atoms with Gasteiger partial charge in [0.2, 0.25) is 5.91 Å². The minimum atomic E-state index is 0.196. The Morgan fingerprint density at radius 3 is 2.36 bits per heavy atom. The Hall–Kier alpha value is -2.58. The second-order valence-corrected chi connectivity index (χ2v) is 10.5. The van der Waals surface area contributed by atoms with Crippen molar-refractivity contribution in [1.29, 1.82) is 0 Å². The number of morpholine rings is 1. The molecule has 36 heavy (non-hydrogen) atoms. The Morgan fingerprint density at radius 2 is 1.72 bits per heavy atom. The van der Waals surface area contributed by atoms with E-state index in [1.807, 2.05) is 13.1 Å². The van der Waals surface area contributed by atoms with E-state index in [1.165, 1.54) is 31.4 Å². The van der Waals surface area contributed by atoms with Crippen LogP contribution in [0.5, 0.6) is 0 Å². The molecule has 2 aromatic heterocycles. The molecule has 2 saturated heterocycles. The van der Waals surface area contributed by atoms with Crippen LogP contribution in [-0.2, 0) is 9.53 Å². The summed E-state index contributed by atoms with van der Waals surface area (Å²) < 4.78 is 5.57. The minimum Gasteiger partial charge on any atom is -0.378 e. The minimum absolute atomic E-state index is 0.196. The van der Waals surface area contributed by atoms with Gasteiger partial charge < -0.3 is 24.8 Å². The molecule has 8 heteroatoms. The van der Waals surface area contributed by atoms with Crippen LogP contribution in [0.3, 0.4) is 0 Å². The third-order valence-corrected chi connectivity index (χ3v) is 8.13. The summed E-state index contributed by atoms with van der Waals surface area (Å²) in [6.45, 7) is 10.6. The molecule has 4 heterocycles. The van der Waals surface area contributed by atoms with Gasteiger partial charge in [-0.1, -0.05) is 6.92 Å². The van der Waals surface area contributed by atoms with Crippen LogP contribution in [0.4, 0.5) is 11.6 Å². The van der Waals surface area contributed by atoms with E-state index in [0.29, 0.717) is 12.5 Å². The van der Waals surface area contributed by atoms with Crippen molar-refractivity contribution in [3.8, 4) is 11.3 Å². The summed E-state index contributed by atoms with van der Waals surface area (Å²) in [4.78, 5) is 27.6. The van der Waals surface area contributed by atoms with Gasteiger partial charge >= 0.3 is 0 Å². The van der Waals surface area contributed by atoms with E-state index >= 15 is 0 Å². The largest absolute Gasteiger partial charge is 0.378 e. The zero-order chi connectivity index (χ0) is 24.7. The molecule has 0 spiro atoms. The Balaban J connectivity index is 1.14. The van der Waals surface area contributed by atoms with Crippen LogP contribution >= 0.6 is 0 Å². The van der Waals surface area contributed by atoms with Crippen molar-refractivity contribution in [2.75, 3.05) is 68.8 Å². The smallest absolute Gasteiger partial charge is 0.219 e. The van der Waals surface area contributed by atoms with E-state index in [-0.39, 0.29) is 5.91 Å². The topological polar surface area (TPSA) is 76.7 Å².